The van der Waals surface area contributed by atoms with Crippen molar-refractivity contribution in [1.29, 1.82) is 0 Å². The molecule has 3 aromatic heterocycles. The molecule has 5 heterocycles. The van der Waals surface area contributed by atoms with E-state index in [1.54, 1.807) is 10.9 Å². The lowest BCUT2D eigenvalue weighted by Gasteiger charge is -2.30. The van der Waals surface area contributed by atoms with Gasteiger partial charge in [0.1, 0.15) is 0 Å². The number of imidazole rings is 1. The summed E-state index contributed by atoms with van der Waals surface area (Å²) in [5.74, 6) is 0. The van der Waals surface area contributed by atoms with Gasteiger partial charge in [-0.05, 0) is 64.5 Å². The van der Waals surface area contributed by atoms with Crippen molar-refractivity contribution in [3.63, 3.8) is 0 Å². The number of hydrogen-bond acceptors (Lipinski definition) is 6. The third-order valence-electron chi connectivity index (χ3n) is 5.91. The van der Waals surface area contributed by atoms with Gasteiger partial charge >= 0.3 is 0 Å². The number of nitrogens with zero attached hydrogens (tertiary/aromatic N) is 6. The maximum atomic E-state index is 13.0. The van der Waals surface area contributed by atoms with Crippen LogP contribution in [0.1, 0.15) is 47.4 Å². The highest BCUT2D eigenvalue weighted by atomic mass is 16.1. The second-order valence-electron chi connectivity index (χ2n) is 8.14. The van der Waals surface area contributed by atoms with Crippen LogP contribution < -0.4 is 10.9 Å². The van der Waals surface area contributed by atoms with E-state index in [4.69, 9.17) is 5.10 Å². The number of rotatable bonds is 2. The molecule has 1 N–H and O–H groups in total. The van der Waals surface area contributed by atoms with Crippen LogP contribution in [0.3, 0.4) is 0 Å². The number of hydrogen-bond donors (Lipinski definition) is 1. The molecule has 0 radical (unpaired) electrons. The first-order valence-electron chi connectivity index (χ1n) is 10.1. The summed E-state index contributed by atoms with van der Waals surface area (Å²) < 4.78 is 3.49. The lowest BCUT2D eigenvalue weighted by atomic mass is 10.0. The predicted octanol–water partition coefficient (Wildman–Crippen LogP) is 2.35. The molecule has 1 atom stereocenters. The Hall–Kier alpha value is -3.00. The van der Waals surface area contributed by atoms with Crippen molar-refractivity contribution in [2.24, 2.45) is 0 Å². The molecule has 2 aliphatic rings. The summed E-state index contributed by atoms with van der Waals surface area (Å²) in [5.41, 5.74) is 5.17. The molecule has 1 saturated heterocycles. The number of aryl methyl sites for hydroxylation is 2. The number of fused-ring (bicyclic) bond motifs is 2. The number of nitrogens with one attached hydrogen (secondary N) is 1. The molecular weight excluding hydrogens is 366 g/mol. The molecule has 150 valence electrons. The zero-order valence-corrected chi connectivity index (χ0v) is 17.0. The maximum absolute atomic E-state index is 13.0. The van der Waals surface area contributed by atoms with E-state index in [1.165, 1.54) is 0 Å². The number of anilines is 1. The normalized spacial score (nSPS) is 20.0. The van der Waals surface area contributed by atoms with E-state index < -0.39 is 0 Å². The van der Waals surface area contributed by atoms with Crippen LogP contribution in [0.15, 0.2) is 29.3 Å². The van der Waals surface area contributed by atoms with Crippen molar-refractivity contribution in [2.45, 2.75) is 38.8 Å². The van der Waals surface area contributed by atoms with Crippen LogP contribution >= 0.6 is 0 Å². The second kappa shape index (κ2) is 6.81. The minimum absolute atomic E-state index is 0.0240. The third kappa shape index (κ3) is 3.13. The van der Waals surface area contributed by atoms with Crippen molar-refractivity contribution in [3.8, 4) is 0 Å². The minimum atomic E-state index is -0.117. The van der Waals surface area contributed by atoms with E-state index in [0.29, 0.717) is 5.56 Å². The zero-order chi connectivity index (χ0) is 20.1. The fraction of sp³-hybridized carbons (Fsp3) is 0.429. The van der Waals surface area contributed by atoms with E-state index in [2.05, 4.69) is 27.3 Å². The van der Waals surface area contributed by atoms with Crippen LogP contribution in [-0.4, -0.2) is 49.4 Å². The van der Waals surface area contributed by atoms with E-state index >= 15 is 0 Å². The Balaban J connectivity index is 1.46. The Morgan fingerprint density at radius 3 is 2.79 bits per heavy atom. The predicted molar refractivity (Wildman–Crippen MR) is 112 cm³/mol. The quantitative estimate of drug-likeness (QED) is 0.722. The van der Waals surface area contributed by atoms with Crippen LogP contribution in [0.4, 0.5) is 5.69 Å². The van der Waals surface area contributed by atoms with Gasteiger partial charge in [-0.15, -0.1) is 0 Å². The zero-order valence-electron chi connectivity index (χ0n) is 17.0. The highest BCUT2D eigenvalue weighted by Crippen LogP contribution is 2.29. The van der Waals surface area contributed by atoms with E-state index in [1.807, 2.05) is 42.8 Å². The van der Waals surface area contributed by atoms with E-state index in [0.717, 1.165) is 54.2 Å². The topological polar surface area (TPSA) is 80.4 Å². The van der Waals surface area contributed by atoms with Crippen molar-refractivity contribution in [2.75, 3.05) is 25.5 Å². The molecule has 1 fully saturated rings. The highest BCUT2D eigenvalue weighted by molar-refractivity contribution is 5.69. The fourth-order valence-corrected chi connectivity index (χ4v) is 4.26. The first-order valence-corrected chi connectivity index (χ1v) is 10.1. The largest absolute Gasteiger partial charge is 0.371 e. The van der Waals surface area contributed by atoms with Gasteiger partial charge in [0, 0.05) is 0 Å². The molecule has 0 aromatic carbocycles. The SMILES string of the molecule is Cc1cn2nc(C3C=Cc4c(cnn(C5CCN(C)CC5)c4=O)N3)cc(C)c2n1. The van der Waals surface area contributed by atoms with Gasteiger partial charge in [0.15, 0.2) is 5.65 Å². The molecule has 8 nitrogen and oxygen atoms in total. The monoisotopic (exact) mass is 391 g/mol. The summed E-state index contributed by atoms with van der Waals surface area (Å²) >= 11 is 0. The van der Waals surface area contributed by atoms with Crippen molar-refractivity contribution < 1.29 is 0 Å². The van der Waals surface area contributed by atoms with Crippen molar-refractivity contribution >= 4 is 17.4 Å². The first kappa shape index (κ1) is 18.1. The summed E-state index contributed by atoms with van der Waals surface area (Å²) in [6.45, 7) is 5.99. The van der Waals surface area contributed by atoms with Crippen molar-refractivity contribution in [3.05, 3.63) is 57.4 Å². The van der Waals surface area contributed by atoms with E-state index in [9.17, 15) is 4.79 Å². The number of piperidine rings is 1. The van der Waals surface area contributed by atoms with Crippen LogP contribution in [0.5, 0.6) is 0 Å². The molecule has 0 spiro atoms. The van der Waals surface area contributed by atoms with Gasteiger partial charge in [0.25, 0.3) is 5.56 Å². The molecule has 5 rings (SSSR count). The van der Waals surface area contributed by atoms with Crippen LogP contribution in [0, 0.1) is 13.8 Å². The average Bonchev–Trinajstić information content (AvgIpc) is 3.10. The first-order chi connectivity index (χ1) is 14.0. The lowest BCUT2D eigenvalue weighted by molar-refractivity contribution is 0.208. The summed E-state index contributed by atoms with van der Waals surface area (Å²) in [4.78, 5) is 19.8. The molecule has 0 amide bonds. The summed E-state index contributed by atoms with van der Waals surface area (Å²) in [6.07, 6.45) is 9.52. The molecule has 2 aliphatic heterocycles. The Labute approximate surface area is 168 Å². The Morgan fingerprint density at radius 1 is 1.21 bits per heavy atom. The van der Waals surface area contributed by atoms with Crippen molar-refractivity contribution in [1.82, 2.24) is 29.3 Å². The van der Waals surface area contributed by atoms with Gasteiger partial charge in [0.05, 0.1) is 47.1 Å². The van der Waals surface area contributed by atoms with Gasteiger partial charge in [-0.2, -0.15) is 10.2 Å². The summed E-state index contributed by atoms with van der Waals surface area (Å²) in [7, 11) is 2.12. The molecule has 0 aliphatic carbocycles. The Bertz CT molecular complexity index is 1170. The Morgan fingerprint density at radius 2 is 2.00 bits per heavy atom. The highest BCUT2D eigenvalue weighted by Gasteiger charge is 2.24. The molecule has 3 aromatic rings. The minimum Gasteiger partial charge on any atom is -0.371 e. The van der Waals surface area contributed by atoms with Gasteiger partial charge in [-0.1, -0.05) is 6.08 Å². The van der Waals surface area contributed by atoms with Crippen LogP contribution in [0.2, 0.25) is 0 Å². The van der Waals surface area contributed by atoms with Gasteiger partial charge in [0.2, 0.25) is 0 Å². The lowest BCUT2D eigenvalue weighted by Crippen LogP contribution is -2.37. The smallest absolute Gasteiger partial charge is 0.276 e. The summed E-state index contributed by atoms with van der Waals surface area (Å²) in [6, 6.07) is 2.10. The molecule has 1 unspecified atom stereocenters. The summed E-state index contributed by atoms with van der Waals surface area (Å²) in [5, 5.41) is 12.6. The average molecular weight is 391 g/mol. The van der Waals surface area contributed by atoms with Gasteiger partial charge in [-0.25, -0.2) is 14.2 Å². The molecule has 29 heavy (non-hydrogen) atoms. The Kier molecular flexibility index (Phi) is 4.24. The van der Waals surface area contributed by atoms with Crippen LogP contribution in [0.25, 0.3) is 11.7 Å². The maximum Gasteiger partial charge on any atom is 0.276 e. The van der Waals surface area contributed by atoms with E-state index in [-0.39, 0.29) is 17.6 Å². The van der Waals surface area contributed by atoms with Gasteiger partial charge < -0.3 is 10.2 Å². The molecule has 8 heteroatoms. The molecular formula is C21H25N7O. The number of likely N-dealkylation sites (tertiary alicyclic amines) is 1. The fourth-order valence-electron chi connectivity index (χ4n) is 4.26. The standard InChI is InChI=1S/C21H25N7O/c1-13-10-18(25-27-12-14(2)23-20(13)27)17-5-4-16-19(24-17)11-22-28(21(16)29)15-6-8-26(3)9-7-15/h4-5,10-12,15,17,24H,6-9H2,1-3H3. The second-order valence-corrected chi connectivity index (χ2v) is 8.14. The number of aromatic nitrogens is 5. The molecule has 0 bridgehead atoms. The third-order valence-corrected chi connectivity index (χ3v) is 5.91. The van der Waals surface area contributed by atoms with Crippen LogP contribution in [-0.2, 0) is 0 Å². The molecule has 0 saturated carbocycles. The van der Waals surface area contributed by atoms with Gasteiger partial charge in [-0.3, -0.25) is 4.79 Å².